The molecule has 2 N–H and O–H groups in total. The van der Waals surface area contributed by atoms with Gasteiger partial charge in [-0.2, -0.15) is 0 Å². The Balaban J connectivity index is 2.91. The van der Waals surface area contributed by atoms with Gasteiger partial charge in [-0.3, -0.25) is 4.79 Å². The van der Waals surface area contributed by atoms with Crippen LogP contribution in [0.5, 0.6) is 11.5 Å². The molecule has 0 fully saturated rings. The minimum atomic E-state index is -0.339. The van der Waals surface area contributed by atoms with E-state index in [4.69, 9.17) is 9.84 Å². The second-order valence-corrected chi connectivity index (χ2v) is 3.33. The Morgan fingerprint density at radius 1 is 1.50 bits per heavy atom. The van der Waals surface area contributed by atoms with Gasteiger partial charge >= 0.3 is 0 Å². The van der Waals surface area contributed by atoms with Gasteiger partial charge in [0, 0.05) is 19.7 Å². The smallest absolute Gasteiger partial charge is 0.257 e. The Kier molecular flexibility index (Phi) is 4.13. The molecule has 0 spiro atoms. The monoisotopic (exact) mass is 225 g/mol. The van der Waals surface area contributed by atoms with E-state index in [1.807, 2.05) is 0 Å². The van der Waals surface area contributed by atoms with Crippen LogP contribution in [0.4, 0.5) is 0 Å². The predicted octanol–water partition coefficient (Wildman–Crippen LogP) is 0.465. The number of hydrogen-bond acceptors (Lipinski definition) is 4. The molecular weight excluding hydrogens is 210 g/mol. The molecule has 0 heterocycles. The first-order chi connectivity index (χ1) is 7.60. The summed E-state index contributed by atoms with van der Waals surface area (Å²) in [7, 11) is 3.04. The number of aromatic hydroxyl groups is 1. The van der Waals surface area contributed by atoms with E-state index in [1.54, 1.807) is 13.1 Å². The van der Waals surface area contributed by atoms with Crippen molar-refractivity contribution in [2.24, 2.45) is 0 Å². The second kappa shape index (κ2) is 5.37. The van der Waals surface area contributed by atoms with E-state index in [1.165, 1.54) is 24.1 Å². The first-order valence-electron chi connectivity index (χ1n) is 4.83. The number of ether oxygens (including phenoxy) is 1. The van der Waals surface area contributed by atoms with Crippen LogP contribution < -0.4 is 4.74 Å². The number of likely N-dealkylation sites (N-methyl/N-ethyl adjacent to an activating group) is 1. The van der Waals surface area contributed by atoms with Gasteiger partial charge in [0.05, 0.1) is 19.3 Å². The van der Waals surface area contributed by atoms with E-state index in [0.717, 1.165) is 0 Å². The summed E-state index contributed by atoms with van der Waals surface area (Å²) in [6.45, 7) is 0.115. The number of aliphatic hydroxyl groups is 1. The summed E-state index contributed by atoms with van der Waals surface area (Å²) in [6, 6.07) is 4.46. The third-order valence-corrected chi connectivity index (χ3v) is 2.22. The number of amides is 1. The SMILES string of the molecule is COc1ccc(C(=O)N(C)CCO)c(O)c1. The van der Waals surface area contributed by atoms with Crippen molar-refractivity contribution in [2.75, 3.05) is 27.3 Å². The summed E-state index contributed by atoms with van der Waals surface area (Å²) in [5.41, 5.74) is 0.191. The maximum atomic E-state index is 11.8. The van der Waals surface area contributed by atoms with Gasteiger partial charge in [-0.15, -0.1) is 0 Å². The van der Waals surface area contributed by atoms with E-state index in [2.05, 4.69) is 0 Å². The zero-order valence-corrected chi connectivity index (χ0v) is 9.30. The number of phenols is 1. The van der Waals surface area contributed by atoms with Gasteiger partial charge < -0.3 is 19.8 Å². The first kappa shape index (κ1) is 12.3. The molecule has 0 aliphatic rings. The van der Waals surface area contributed by atoms with Gasteiger partial charge in [-0.25, -0.2) is 0 Å². The summed E-state index contributed by atoms with van der Waals surface area (Å²) in [4.78, 5) is 13.1. The largest absolute Gasteiger partial charge is 0.507 e. The lowest BCUT2D eigenvalue weighted by atomic mass is 10.1. The molecule has 0 unspecified atom stereocenters. The van der Waals surface area contributed by atoms with Crippen LogP contribution in [0.25, 0.3) is 0 Å². The number of aliphatic hydroxyl groups excluding tert-OH is 1. The molecule has 88 valence electrons. The molecule has 1 aromatic carbocycles. The lowest BCUT2D eigenvalue weighted by molar-refractivity contribution is 0.0764. The molecule has 0 aliphatic heterocycles. The summed E-state index contributed by atoms with van der Waals surface area (Å²) in [6.07, 6.45) is 0. The Morgan fingerprint density at radius 3 is 2.69 bits per heavy atom. The molecular formula is C11H15NO4. The number of benzene rings is 1. The second-order valence-electron chi connectivity index (χ2n) is 3.33. The highest BCUT2D eigenvalue weighted by molar-refractivity contribution is 5.96. The van der Waals surface area contributed by atoms with Gasteiger partial charge in [-0.1, -0.05) is 0 Å². The summed E-state index contributed by atoms with van der Waals surface area (Å²) in [5.74, 6) is 0.0159. The molecule has 0 bridgehead atoms. The Morgan fingerprint density at radius 2 is 2.19 bits per heavy atom. The Bertz CT molecular complexity index is 378. The molecule has 0 aliphatic carbocycles. The third-order valence-electron chi connectivity index (χ3n) is 2.22. The average Bonchev–Trinajstić information content (AvgIpc) is 2.28. The van der Waals surface area contributed by atoms with Gasteiger partial charge in [0.2, 0.25) is 0 Å². The van der Waals surface area contributed by atoms with Crippen molar-refractivity contribution in [2.45, 2.75) is 0 Å². The Labute approximate surface area is 93.9 Å². The number of rotatable bonds is 4. The zero-order chi connectivity index (χ0) is 12.1. The van der Waals surface area contributed by atoms with Gasteiger partial charge in [0.1, 0.15) is 11.5 Å². The van der Waals surface area contributed by atoms with Crippen molar-refractivity contribution in [3.05, 3.63) is 23.8 Å². The molecule has 0 aromatic heterocycles. The molecule has 5 heteroatoms. The molecule has 0 saturated heterocycles. The molecule has 0 saturated carbocycles. The predicted molar refractivity (Wildman–Crippen MR) is 58.7 cm³/mol. The van der Waals surface area contributed by atoms with E-state index < -0.39 is 0 Å². The van der Waals surface area contributed by atoms with Crippen LogP contribution in [0, 0.1) is 0 Å². The summed E-state index contributed by atoms with van der Waals surface area (Å²) in [5, 5.41) is 18.3. The lowest BCUT2D eigenvalue weighted by Gasteiger charge is -2.16. The standard InChI is InChI=1S/C11H15NO4/c1-12(5-6-13)11(15)9-4-3-8(16-2)7-10(9)14/h3-4,7,13-14H,5-6H2,1-2H3. The summed E-state index contributed by atoms with van der Waals surface area (Å²) >= 11 is 0. The van der Waals surface area contributed by atoms with E-state index in [-0.39, 0.29) is 30.4 Å². The molecule has 0 radical (unpaired) electrons. The highest BCUT2D eigenvalue weighted by atomic mass is 16.5. The average molecular weight is 225 g/mol. The third kappa shape index (κ3) is 2.64. The highest BCUT2D eigenvalue weighted by Crippen LogP contribution is 2.24. The number of phenolic OH excluding ortho intramolecular Hbond substituents is 1. The maximum absolute atomic E-state index is 11.8. The number of nitrogens with zero attached hydrogens (tertiary/aromatic N) is 1. The van der Waals surface area contributed by atoms with Crippen LogP contribution in [-0.4, -0.2) is 48.3 Å². The van der Waals surface area contributed by atoms with E-state index in [9.17, 15) is 9.90 Å². The van der Waals surface area contributed by atoms with E-state index in [0.29, 0.717) is 5.75 Å². The van der Waals surface area contributed by atoms with Crippen molar-refractivity contribution in [1.82, 2.24) is 4.90 Å². The molecule has 0 atom stereocenters. The normalized spacial score (nSPS) is 9.94. The van der Waals surface area contributed by atoms with Crippen LogP contribution in [0.3, 0.4) is 0 Å². The molecule has 1 rings (SSSR count). The van der Waals surface area contributed by atoms with Crippen molar-refractivity contribution in [3.8, 4) is 11.5 Å². The quantitative estimate of drug-likeness (QED) is 0.781. The van der Waals surface area contributed by atoms with Gasteiger partial charge in [-0.05, 0) is 12.1 Å². The molecule has 16 heavy (non-hydrogen) atoms. The van der Waals surface area contributed by atoms with Crippen molar-refractivity contribution < 1.29 is 19.7 Å². The molecule has 1 amide bonds. The molecule has 1 aromatic rings. The van der Waals surface area contributed by atoms with Crippen LogP contribution in [0.1, 0.15) is 10.4 Å². The lowest BCUT2D eigenvalue weighted by Crippen LogP contribution is -2.29. The molecule has 5 nitrogen and oxygen atoms in total. The fourth-order valence-electron chi connectivity index (χ4n) is 1.28. The van der Waals surface area contributed by atoms with Crippen molar-refractivity contribution >= 4 is 5.91 Å². The maximum Gasteiger partial charge on any atom is 0.257 e. The first-order valence-corrected chi connectivity index (χ1v) is 4.83. The Hall–Kier alpha value is -1.75. The van der Waals surface area contributed by atoms with Crippen LogP contribution in [-0.2, 0) is 0 Å². The fourth-order valence-corrected chi connectivity index (χ4v) is 1.28. The van der Waals surface area contributed by atoms with Crippen LogP contribution >= 0.6 is 0 Å². The number of methoxy groups -OCH3 is 1. The van der Waals surface area contributed by atoms with Crippen LogP contribution in [0.2, 0.25) is 0 Å². The zero-order valence-electron chi connectivity index (χ0n) is 9.30. The number of hydrogen-bond donors (Lipinski definition) is 2. The minimum absolute atomic E-state index is 0.112. The van der Waals surface area contributed by atoms with Crippen molar-refractivity contribution in [1.29, 1.82) is 0 Å². The minimum Gasteiger partial charge on any atom is -0.507 e. The van der Waals surface area contributed by atoms with Gasteiger partial charge in [0.25, 0.3) is 5.91 Å². The number of carbonyl (C=O) groups is 1. The van der Waals surface area contributed by atoms with E-state index >= 15 is 0 Å². The summed E-state index contributed by atoms with van der Waals surface area (Å²) < 4.78 is 4.91. The fraction of sp³-hybridized carbons (Fsp3) is 0.364. The van der Waals surface area contributed by atoms with Crippen molar-refractivity contribution in [3.63, 3.8) is 0 Å². The van der Waals surface area contributed by atoms with Gasteiger partial charge in [0.15, 0.2) is 0 Å². The highest BCUT2D eigenvalue weighted by Gasteiger charge is 2.15. The number of carbonyl (C=O) groups excluding carboxylic acids is 1. The van der Waals surface area contributed by atoms with Crippen LogP contribution in [0.15, 0.2) is 18.2 Å². The topological polar surface area (TPSA) is 70.0 Å².